The summed E-state index contributed by atoms with van der Waals surface area (Å²) >= 11 is 0. The minimum Gasteiger partial charge on any atom is -0.468 e. The number of esters is 1. The summed E-state index contributed by atoms with van der Waals surface area (Å²) in [5.74, 6) is 0.738. The lowest BCUT2D eigenvalue weighted by Crippen LogP contribution is -2.47. The van der Waals surface area contributed by atoms with Crippen LogP contribution in [0.2, 0.25) is 0 Å². The van der Waals surface area contributed by atoms with Crippen molar-refractivity contribution in [3.63, 3.8) is 0 Å². The number of likely N-dealkylation sites (N-methyl/N-ethyl adjacent to an activating group) is 1. The van der Waals surface area contributed by atoms with Crippen molar-refractivity contribution < 1.29 is 9.53 Å². The lowest BCUT2D eigenvalue weighted by atomic mass is 9.96. The molecule has 1 aliphatic heterocycles. The average Bonchev–Trinajstić information content (AvgIpc) is 2.63. The maximum atomic E-state index is 11.7. The third-order valence-corrected chi connectivity index (χ3v) is 4.01. The second-order valence-electron chi connectivity index (χ2n) is 5.52. The number of ether oxygens (including phenoxy) is 1. The lowest BCUT2D eigenvalue weighted by molar-refractivity contribution is -0.143. The Balaban J connectivity index is 2.43. The zero-order chi connectivity index (χ0) is 14.1. The van der Waals surface area contributed by atoms with Crippen LogP contribution in [0, 0.1) is 5.92 Å². The maximum absolute atomic E-state index is 11.7. The molecule has 4 heteroatoms. The standard InChI is InChI=1S/C15H30N2O2/c1-4-7-13-8-6-10-17(11-9-13)12-14(16-5-2)15(18)19-3/h13-14,16H,4-12H2,1-3H3. The summed E-state index contributed by atoms with van der Waals surface area (Å²) in [6.07, 6.45) is 6.50. The number of carbonyl (C=O) groups is 1. The zero-order valence-electron chi connectivity index (χ0n) is 12.8. The normalized spacial score (nSPS) is 22.8. The van der Waals surface area contributed by atoms with Gasteiger partial charge in [-0.05, 0) is 44.8 Å². The van der Waals surface area contributed by atoms with Crippen LogP contribution >= 0.6 is 0 Å². The first-order chi connectivity index (χ1) is 9.21. The molecule has 0 saturated carbocycles. The summed E-state index contributed by atoms with van der Waals surface area (Å²) < 4.78 is 4.87. The molecule has 1 N–H and O–H groups in total. The molecule has 0 spiro atoms. The maximum Gasteiger partial charge on any atom is 0.324 e. The molecule has 0 bridgehead atoms. The Labute approximate surface area is 117 Å². The van der Waals surface area contributed by atoms with Crippen LogP contribution in [-0.2, 0) is 9.53 Å². The number of methoxy groups -OCH3 is 1. The minimum atomic E-state index is -0.183. The Morgan fingerprint density at radius 3 is 2.79 bits per heavy atom. The molecule has 1 aliphatic rings. The van der Waals surface area contributed by atoms with Gasteiger partial charge in [-0.3, -0.25) is 4.79 Å². The highest BCUT2D eigenvalue weighted by Gasteiger charge is 2.23. The largest absolute Gasteiger partial charge is 0.468 e. The molecule has 0 aromatic heterocycles. The molecular formula is C15H30N2O2. The minimum absolute atomic E-state index is 0.142. The predicted molar refractivity (Wildman–Crippen MR) is 78.2 cm³/mol. The van der Waals surface area contributed by atoms with Gasteiger partial charge >= 0.3 is 5.97 Å². The van der Waals surface area contributed by atoms with Gasteiger partial charge in [0.2, 0.25) is 0 Å². The van der Waals surface area contributed by atoms with Gasteiger partial charge in [0.25, 0.3) is 0 Å². The number of hydrogen-bond acceptors (Lipinski definition) is 4. The third-order valence-electron chi connectivity index (χ3n) is 4.01. The van der Waals surface area contributed by atoms with E-state index in [0.29, 0.717) is 0 Å². The Morgan fingerprint density at radius 2 is 2.16 bits per heavy atom. The summed E-state index contributed by atoms with van der Waals surface area (Å²) in [5, 5.41) is 3.22. The average molecular weight is 270 g/mol. The van der Waals surface area contributed by atoms with Gasteiger partial charge in [0.15, 0.2) is 0 Å². The summed E-state index contributed by atoms with van der Waals surface area (Å²) in [5.41, 5.74) is 0. The molecular weight excluding hydrogens is 240 g/mol. The van der Waals surface area contributed by atoms with E-state index in [1.807, 2.05) is 6.92 Å². The number of carbonyl (C=O) groups excluding carboxylic acids is 1. The first-order valence-corrected chi connectivity index (χ1v) is 7.74. The highest BCUT2D eigenvalue weighted by Crippen LogP contribution is 2.21. The van der Waals surface area contributed by atoms with Crippen LogP contribution < -0.4 is 5.32 Å². The quantitative estimate of drug-likeness (QED) is 0.719. The van der Waals surface area contributed by atoms with Crippen molar-refractivity contribution in [2.75, 3.05) is 33.3 Å². The molecule has 0 radical (unpaired) electrons. The van der Waals surface area contributed by atoms with Gasteiger partial charge in [-0.25, -0.2) is 0 Å². The molecule has 1 saturated heterocycles. The Bertz CT molecular complexity index is 259. The van der Waals surface area contributed by atoms with Crippen molar-refractivity contribution >= 4 is 5.97 Å². The molecule has 1 fully saturated rings. The molecule has 0 aromatic rings. The van der Waals surface area contributed by atoms with Crippen molar-refractivity contribution in [2.45, 2.75) is 52.0 Å². The van der Waals surface area contributed by atoms with E-state index in [9.17, 15) is 4.79 Å². The summed E-state index contributed by atoms with van der Waals surface area (Å²) in [7, 11) is 1.46. The lowest BCUT2D eigenvalue weighted by Gasteiger charge is -2.25. The fraction of sp³-hybridized carbons (Fsp3) is 0.933. The van der Waals surface area contributed by atoms with Crippen LogP contribution in [0.4, 0.5) is 0 Å². The van der Waals surface area contributed by atoms with Crippen molar-refractivity contribution in [3.8, 4) is 0 Å². The van der Waals surface area contributed by atoms with E-state index in [2.05, 4.69) is 17.1 Å². The van der Waals surface area contributed by atoms with E-state index in [-0.39, 0.29) is 12.0 Å². The van der Waals surface area contributed by atoms with E-state index in [4.69, 9.17) is 4.74 Å². The highest BCUT2D eigenvalue weighted by atomic mass is 16.5. The van der Waals surface area contributed by atoms with Gasteiger partial charge in [0, 0.05) is 6.54 Å². The van der Waals surface area contributed by atoms with E-state index in [1.165, 1.54) is 39.2 Å². The number of hydrogen-bond donors (Lipinski definition) is 1. The molecule has 0 amide bonds. The second-order valence-corrected chi connectivity index (χ2v) is 5.52. The molecule has 0 aromatic carbocycles. The van der Waals surface area contributed by atoms with Crippen molar-refractivity contribution in [1.29, 1.82) is 0 Å². The van der Waals surface area contributed by atoms with Gasteiger partial charge in [-0.15, -0.1) is 0 Å². The molecule has 2 unspecified atom stereocenters. The monoisotopic (exact) mass is 270 g/mol. The van der Waals surface area contributed by atoms with Crippen molar-refractivity contribution in [1.82, 2.24) is 10.2 Å². The molecule has 19 heavy (non-hydrogen) atoms. The predicted octanol–water partition coefficient (Wildman–Crippen LogP) is 2.04. The van der Waals surface area contributed by atoms with E-state index in [0.717, 1.165) is 32.1 Å². The van der Waals surface area contributed by atoms with Crippen molar-refractivity contribution in [2.24, 2.45) is 5.92 Å². The second kappa shape index (κ2) is 9.32. The number of nitrogens with one attached hydrogen (secondary N) is 1. The smallest absolute Gasteiger partial charge is 0.324 e. The summed E-state index contributed by atoms with van der Waals surface area (Å²) in [4.78, 5) is 14.1. The van der Waals surface area contributed by atoms with E-state index < -0.39 is 0 Å². The van der Waals surface area contributed by atoms with Crippen LogP contribution in [0.3, 0.4) is 0 Å². The van der Waals surface area contributed by atoms with Crippen LogP contribution in [0.1, 0.15) is 46.0 Å². The molecule has 1 rings (SSSR count). The van der Waals surface area contributed by atoms with E-state index >= 15 is 0 Å². The topological polar surface area (TPSA) is 41.6 Å². The van der Waals surface area contributed by atoms with Crippen LogP contribution in [-0.4, -0.2) is 50.2 Å². The molecule has 0 aliphatic carbocycles. The molecule has 1 heterocycles. The van der Waals surface area contributed by atoms with Gasteiger partial charge in [-0.1, -0.05) is 26.7 Å². The van der Waals surface area contributed by atoms with Crippen LogP contribution in [0.15, 0.2) is 0 Å². The first-order valence-electron chi connectivity index (χ1n) is 7.74. The Hall–Kier alpha value is -0.610. The van der Waals surface area contributed by atoms with Gasteiger partial charge < -0.3 is 15.0 Å². The fourth-order valence-electron chi connectivity index (χ4n) is 2.97. The number of nitrogens with zero attached hydrogens (tertiary/aromatic N) is 1. The zero-order valence-corrected chi connectivity index (χ0v) is 12.8. The van der Waals surface area contributed by atoms with Gasteiger partial charge in [0.1, 0.15) is 6.04 Å². The SMILES string of the molecule is CCCC1CCCN(CC(NCC)C(=O)OC)CC1. The molecule has 4 nitrogen and oxygen atoms in total. The van der Waals surface area contributed by atoms with Gasteiger partial charge in [-0.2, -0.15) is 0 Å². The molecule has 2 atom stereocenters. The molecule has 112 valence electrons. The Morgan fingerprint density at radius 1 is 1.37 bits per heavy atom. The van der Waals surface area contributed by atoms with Crippen molar-refractivity contribution in [3.05, 3.63) is 0 Å². The summed E-state index contributed by atoms with van der Waals surface area (Å²) in [6.45, 7) is 8.09. The third kappa shape index (κ3) is 5.91. The summed E-state index contributed by atoms with van der Waals surface area (Å²) in [6, 6.07) is -0.183. The highest BCUT2D eigenvalue weighted by molar-refractivity contribution is 5.75. The first kappa shape index (κ1) is 16.4. The van der Waals surface area contributed by atoms with E-state index in [1.54, 1.807) is 0 Å². The van der Waals surface area contributed by atoms with Crippen LogP contribution in [0.5, 0.6) is 0 Å². The fourth-order valence-corrected chi connectivity index (χ4v) is 2.97. The Kier molecular flexibility index (Phi) is 8.07. The number of likely N-dealkylation sites (tertiary alicyclic amines) is 1. The van der Waals surface area contributed by atoms with Gasteiger partial charge in [0.05, 0.1) is 7.11 Å². The number of rotatable bonds is 7. The van der Waals surface area contributed by atoms with Crippen LogP contribution in [0.25, 0.3) is 0 Å².